The van der Waals surface area contributed by atoms with Crippen molar-refractivity contribution in [2.45, 2.75) is 63.7 Å². The molecule has 0 saturated carbocycles. The fourth-order valence-electron chi connectivity index (χ4n) is 3.07. The second-order valence-electron chi connectivity index (χ2n) is 6.96. The van der Waals surface area contributed by atoms with Crippen LogP contribution in [0.2, 0.25) is 0 Å². The summed E-state index contributed by atoms with van der Waals surface area (Å²) in [5.41, 5.74) is 0.999. The van der Waals surface area contributed by atoms with Gasteiger partial charge in [0.05, 0.1) is 0 Å². The number of carbonyl (C=O) groups is 4. The summed E-state index contributed by atoms with van der Waals surface area (Å²) >= 11 is 3.36. The minimum atomic E-state index is -1.28. The maximum Gasteiger partial charge on any atom is 0.303 e. The Morgan fingerprint density at radius 1 is 0.812 bits per heavy atom. The maximum atomic E-state index is 11.8. The van der Waals surface area contributed by atoms with Crippen molar-refractivity contribution in [3.8, 4) is 5.75 Å². The number of halogens is 1. The van der Waals surface area contributed by atoms with E-state index in [4.69, 9.17) is 28.4 Å². The van der Waals surface area contributed by atoms with Gasteiger partial charge in [0.2, 0.25) is 12.4 Å². The van der Waals surface area contributed by atoms with Gasteiger partial charge in [-0.3, -0.25) is 19.2 Å². The third-order valence-electron chi connectivity index (χ3n) is 4.28. The zero-order chi connectivity index (χ0) is 23.8. The molecule has 11 heteroatoms. The number of alkyl halides is 1. The molecule has 1 aromatic carbocycles. The molecular weight excluding hydrogens is 492 g/mol. The van der Waals surface area contributed by atoms with Gasteiger partial charge in [-0.1, -0.05) is 28.1 Å². The van der Waals surface area contributed by atoms with Crippen LogP contribution in [0.25, 0.3) is 0 Å². The fourth-order valence-corrected chi connectivity index (χ4v) is 3.45. The molecule has 2 rings (SSSR count). The van der Waals surface area contributed by atoms with Gasteiger partial charge < -0.3 is 28.4 Å². The van der Waals surface area contributed by atoms with Crippen LogP contribution >= 0.6 is 15.9 Å². The van der Waals surface area contributed by atoms with E-state index >= 15 is 0 Å². The number of hydrogen-bond acceptors (Lipinski definition) is 10. The van der Waals surface area contributed by atoms with Crippen molar-refractivity contribution in [3.05, 3.63) is 29.8 Å². The molecule has 0 N–H and O–H groups in total. The highest BCUT2D eigenvalue weighted by Gasteiger charge is 2.53. The van der Waals surface area contributed by atoms with Crippen LogP contribution in [0.4, 0.5) is 0 Å². The molecule has 0 spiro atoms. The van der Waals surface area contributed by atoms with Gasteiger partial charge in [-0.25, -0.2) is 0 Å². The van der Waals surface area contributed by atoms with E-state index in [0.717, 1.165) is 19.4 Å². The summed E-state index contributed by atoms with van der Waals surface area (Å²) in [6, 6.07) is 7.00. The second kappa shape index (κ2) is 11.8. The molecule has 1 aliphatic rings. The lowest BCUT2D eigenvalue weighted by Gasteiger charge is -2.43. The van der Waals surface area contributed by atoms with E-state index in [1.807, 2.05) is 12.1 Å². The average molecular weight is 517 g/mol. The second-order valence-corrected chi connectivity index (χ2v) is 7.52. The smallest absolute Gasteiger partial charge is 0.303 e. The summed E-state index contributed by atoms with van der Waals surface area (Å²) in [5.74, 6) is -2.31. The SMILES string of the molecule is CC(=O)OC[C@H]1O[C@H](Oc2ccc(CBr)cc2)[C@H](OC(C)=O)[C@@H](OC(C)=O)[C@@H]1OC(C)=O. The van der Waals surface area contributed by atoms with Crippen LogP contribution in [0.3, 0.4) is 0 Å². The molecule has 5 atom stereocenters. The number of hydrogen-bond donors (Lipinski definition) is 0. The van der Waals surface area contributed by atoms with Crippen molar-refractivity contribution in [1.29, 1.82) is 0 Å². The fraction of sp³-hybridized carbons (Fsp3) is 0.524. The highest BCUT2D eigenvalue weighted by atomic mass is 79.9. The van der Waals surface area contributed by atoms with Crippen LogP contribution in [0.5, 0.6) is 5.75 Å². The summed E-state index contributed by atoms with van der Waals surface area (Å²) in [4.78, 5) is 46.7. The molecule has 0 bridgehead atoms. The molecule has 1 aromatic rings. The van der Waals surface area contributed by atoms with Gasteiger partial charge in [-0.05, 0) is 17.7 Å². The van der Waals surface area contributed by atoms with E-state index in [0.29, 0.717) is 11.1 Å². The molecule has 0 aromatic heterocycles. The minimum absolute atomic E-state index is 0.319. The lowest BCUT2D eigenvalue weighted by molar-refractivity contribution is -0.288. The van der Waals surface area contributed by atoms with Gasteiger partial charge in [-0.2, -0.15) is 0 Å². The Morgan fingerprint density at radius 2 is 1.34 bits per heavy atom. The zero-order valence-corrected chi connectivity index (χ0v) is 19.7. The van der Waals surface area contributed by atoms with Crippen LogP contribution < -0.4 is 4.74 Å². The molecule has 10 nitrogen and oxygen atoms in total. The van der Waals surface area contributed by atoms with Gasteiger partial charge in [0.15, 0.2) is 12.2 Å². The third kappa shape index (κ3) is 7.49. The Balaban J connectivity index is 2.42. The Labute approximate surface area is 193 Å². The lowest BCUT2D eigenvalue weighted by atomic mass is 9.98. The standard InChI is InChI=1S/C21H25BrO10/c1-11(23)27-10-17-18(28-12(2)24)19(29-13(3)25)20(30-14(4)26)21(32-17)31-16-7-5-15(9-22)6-8-16/h5-8,17-21H,9-10H2,1-4H3/t17-,18-,19+,20-,21+/m1/s1. The predicted octanol–water partition coefficient (Wildman–Crippen LogP) is 2.04. The number of ether oxygens (including phenoxy) is 6. The summed E-state index contributed by atoms with van der Waals surface area (Å²) < 4.78 is 32.8. The van der Waals surface area contributed by atoms with Gasteiger partial charge in [0.25, 0.3) is 0 Å². The topological polar surface area (TPSA) is 124 Å². The number of rotatable bonds is 8. The first-order chi connectivity index (χ1) is 15.1. The lowest BCUT2D eigenvalue weighted by Crippen LogP contribution is -2.63. The van der Waals surface area contributed by atoms with Crippen molar-refractivity contribution in [2.75, 3.05) is 6.61 Å². The Bertz CT molecular complexity index is 824. The van der Waals surface area contributed by atoms with Crippen LogP contribution in [0.15, 0.2) is 24.3 Å². The van der Waals surface area contributed by atoms with E-state index in [1.54, 1.807) is 12.1 Å². The molecule has 1 heterocycles. The minimum Gasteiger partial charge on any atom is -0.463 e. The first kappa shape index (κ1) is 25.6. The summed E-state index contributed by atoms with van der Waals surface area (Å²) in [6.45, 7) is 4.36. The molecule has 1 fully saturated rings. The van der Waals surface area contributed by atoms with E-state index in [2.05, 4.69) is 15.9 Å². The highest BCUT2D eigenvalue weighted by Crippen LogP contribution is 2.31. The van der Waals surface area contributed by atoms with E-state index in [1.165, 1.54) is 13.8 Å². The average Bonchev–Trinajstić information content (AvgIpc) is 2.70. The van der Waals surface area contributed by atoms with Crippen molar-refractivity contribution >= 4 is 39.8 Å². The number of esters is 4. The Kier molecular flexibility index (Phi) is 9.45. The quantitative estimate of drug-likeness (QED) is 0.288. The molecule has 0 radical (unpaired) electrons. The molecule has 1 aliphatic heterocycles. The first-order valence-electron chi connectivity index (χ1n) is 9.72. The molecular formula is C21H25BrO10. The number of benzene rings is 1. The highest BCUT2D eigenvalue weighted by molar-refractivity contribution is 9.08. The molecule has 0 aliphatic carbocycles. The summed E-state index contributed by atoms with van der Waals surface area (Å²) in [5, 5.41) is 0.645. The van der Waals surface area contributed by atoms with Crippen molar-refractivity contribution in [3.63, 3.8) is 0 Å². The van der Waals surface area contributed by atoms with Crippen molar-refractivity contribution < 1.29 is 47.6 Å². The van der Waals surface area contributed by atoms with Crippen LogP contribution in [0.1, 0.15) is 33.3 Å². The van der Waals surface area contributed by atoms with Gasteiger partial charge >= 0.3 is 23.9 Å². The maximum absolute atomic E-state index is 11.8. The molecule has 32 heavy (non-hydrogen) atoms. The summed E-state index contributed by atoms with van der Waals surface area (Å²) in [7, 11) is 0. The van der Waals surface area contributed by atoms with Gasteiger partial charge in [0, 0.05) is 33.0 Å². The van der Waals surface area contributed by atoms with Gasteiger partial charge in [0.1, 0.15) is 18.5 Å². The Hall–Kier alpha value is -2.66. The van der Waals surface area contributed by atoms with Crippen molar-refractivity contribution in [1.82, 2.24) is 0 Å². The Morgan fingerprint density at radius 3 is 1.84 bits per heavy atom. The van der Waals surface area contributed by atoms with Crippen LogP contribution in [-0.4, -0.2) is 61.2 Å². The third-order valence-corrected chi connectivity index (χ3v) is 4.93. The van der Waals surface area contributed by atoms with E-state index < -0.39 is 54.6 Å². The monoisotopic (exact) mass is 516 g/mol. The normalized spacial score (nSPS) is 24.7. The molecule has 0 amide bonds. The zero-order valence-electron chi connectivity index (χ0n) is 18.1. The van der Waals surface area contributed by atoms with Crippen LogP contribution in [0, 0.1) is 0 Å². The largest absolute Gasteiger partial charge is 0.463 e. The predicted molar refractivity (Wildman–Crippen MR) is 112 cm³/mol. The molecule has 176 valence electrons. The van der Waals surface area contributed by atoms with Crippen molar-refractivity contribution in [2.24, 2.45) is 0 Å². The van der Waals surface area contributed by atoms with E-state index in [9.17, 15) is 19.2 Å². The van der Waals surface area contributed by atoms with Gasteiger partial charge in [-0.15, -0.1) is 0 Å². The molecule has 0 unspecified atom stereocenters. The first-order valence-corrected chi connectivity index (χ1v) is 10.8. The van der Waals surface area contributed by atoms with Crippen LogP contribution in [-0.2, 0) is 48.2 Å². The molecule has 1 saturated heterocycles. The van der Waals surface area contributed by atoms with E-state index in [-0.39, 0.29) is 6.61 Å². The number of carbonyl (C=O) groups excluding carboxylic acids is 4. The summed E-state index contributed by atoms with van der Waals surface area (Å²) in [6.07, 6.45) is -6.10.